The molecule has 0 spiro atoms. The molecule has 0 amide bonds. The fraction of sp³-hybridized carbons (Fsp3) is 0.588. The molecule has 2 atom stereocenters. The summed E-state index contributed by atoms with van der Waals surface area (Å²) in [6.07, 6.45) is 22.5. The third-order valence-corrected chi connectivity index (χ3v) is 7.83. The molecule has 0 aromatic heterocycles. The lowest BCUT2D eigenvalue weighted by Crippen LogP contribution is -2.27. The molecule has 0 unspecified atom stereocenters. The standard InChI is InChI=1S/C34H50N2O2/c1-3-5-7-9-11-15-27-19-21-29(33(37)23-27)25-35-31-17-13-14-18-32(31)36-26-30-22-20-28(24-34(30)38)16-12-10-8-6-4-2/h19-26,31-32,37-38H,3-18H2,1-2H3/t31-,32+. The molecule has 4 nitrogen and oxygen atoms in total. The first-order valence-corrected chi connectivity index (χ1v) is 15.3. The van der Waals surface area contributed by atoms with Gasteiger partial charge in [0.25, 0.3) is 0 Å². The number of rotatable bonds is 16. The van der Waals surface area contributed by atoms with Gasteiger partial charge in [-0.3, -0.25) is 9.98 Å². The molecule has 1 fully saturated rings. The number of hydrogen-bond donors (Lipinski definition) is 2. The van der Waals surface area contributed by atoms with Crippen LogP contribution in [0.15, 0.2) is 46.4 Å². The van der Waals surface area contributed by atoms with Crippen LogP contribution in [0.2, 0.25) is 0 Å². The van der Waals surface area contributed by atoms with E-state index < -0.39 is 0 Å². The molecule has 2 aromatic carbocycles. The van der Waals surface area contributed by atoms with Gasteiger partial charge in [-0.2, -0.15) is 0 Å². The van der Waals surface area contributed by atoms with Crippen molar-refractivity contribution in [2.45, 2.75) is 129 Å². The third kappa shape index (κ3) is 10.3. The predicted molar refractivity (Wildman–Crippen MR) is 162 cm³/mol. The Morgan fingerprint density at radius 2 is 1.05 bits per heavy atom. The van der Waals surface area contributed by atoms with Gasteiger partial charge >= 0.3 is 0 Å². The van der Waals surface area contributed by atoms with Gasteiger partial charge in [-0.05, 0) is 73.9 Å². The van der Waals surface area contributed by atoms with Crippen molar-refractivity contribution in [1.29, 1.82) is 0 Å². The van der Waals surface area contributed by atoms with E-state index in [4.69, 9.17) is 9.98 Å². The molecule has 38 heavy (non-hydrogen) atoms. The Kier molecular flexibility index (Phi) is 13.4. The highest BCUT2D eigenvalue weighted by Gasteiger charge is 2.23. The van der Waals surface area contributed by atoms with E-state index >= 15 is 0 Å². The fourth-order valence-electron chi connectivity index (χ4n) is 5.36. The van der Waals surface area contributed by atoms with Gasteiger partial charge in [0, 0.05) is 23.6 Å². The minimum absolute atomic E-state index is 0.0992. The average molecular weight is 519 g/mol. The van der Waals surface area contributed by atoms with Crippen molar-refractivity contribution in [2.75, 3.05) is 0 Å². The molecule has 0 saturated heterocycles. The van der Waals surface area contributed by atoms with Crippen LogP contribution in [0.5, 0.6) is 11.5 Å². The zero-order valence-electron chi connectivity index (χ0n) is 23.9. The minimum atomic E-state index is 0.0992. The van der Waals surface area contributed by atoms with E-state index in [1.165, 1.54) is 75.3 Å². The second-order valence-electron chi connectivity index (χ2n) is 11.1. The van der Waals surface area contributed by atoms with Crippen LogP contribution in [0.25, 0.3) is 0 Å². The smallest absolute Gasteiger partial charge is 0.124 e. The number of nitrogens with zero attached hydrogens (tertiary/aromatic N) is 2. The summed E-state index contributed by atoms with van der Waals surface area (Å²) in [7, 11) is 0. The number of phenols is 2. The van der Waals surface area contributed by atoms with Gasteiger partial charge in [-0.15, -0.1) is 0 Å². The van der Waals surface area contributed by atoms with E-state index in [0.29, 0.717) is 11.5 Å². The summed E-state index contributed by atoms with van der Waals surface area (Å²) in [4.78, 5) is 9.73. The second-order valence-corrected chi connectivity index (χ2v) is 11.1. The Labute approximate surface area is 231 Å². The maximum Gasteiger partial charge on any atom is 0.124 e. The molecule has 1 aliphatic carbocycles. The largest absolute Gasteiger partial charge is 0.507 e. The summed E-state index contributed by atoms with van der Waals surface area (Å²) in [6.45, 7) is 4.47. The zero-order valence-corrected chi connectivity index (χ0v) is 23.9. The summed E-state index contributed by atoms with van der Waals surface area (Å²) >= 11 is 0. The van der Waals surface area contributed by atoms with E-state index in [9.17, 15) is 10.2 Å². The van der Waals surface area contributed by atoms with Crippen LogP contribution in [0, 0.1) is 0 Å². The first kappa shape index (κ1) is 29.9. The lowest BCUT2D eigenvalue weighted by molar-refractivity contribution is 0.390. The van der Waals surface area contributed by atoms with Crippen molar-refractivity contribution in [3.8, 4) is 11.5 Å². The van der Waals surface area contributed by atoms with Crippen LogP contribution in [0.1, 0.15) is 126 Å². The molecule has 208 valence electrons. The molecule has 0 heterocycles. The van der Waals surface area contributed by atoms with E-state index in [0.717, 1.165) is 49.7 Å². The van der Waals surface area contributed by atoms with Crippen LogP contribution in [0.3, 0.4) is 0 Å². The monoisotopic (exact) mass is 518 g/mol. The Hall–Kier alpha value is -2.62. The van der Waals surface area contributed by atoms with Crippen molar-refractivity contribution in [3.05, 3.63) is 58.7 Å². The molecule has 0 aliphatic heterocycles. The summed E-state index contributed by atoms with van der Waals surface area (Å²) < 4.78 is 0. The van der Waals surface area contributed by atoms with Gasteiger partial charge in [0.05, 0.1) is 12.1 Å². The number of phenolic OH excluding ortho intramolecular Hbond substituents is 2. The van der Waals surface area contributed by atoms with Crippen LogP contribution >= 0.6 is 0 Å². The zero-order chi connectivity index (χ0) is 27.0. The van der Waals surface area contributed by atoms with Gasteiger partial charge in [0.2, 0.25) is 0 Å². The Morgan fingerprint density at radius 3 is 1.45 bits per heavy atom. The average Bonchev–Trinajstić information content (AvgIpc) is 2.92. The van der Waals surface area contributed by atoms with Crippen molar-refractivity contribution in [2.24, 2.45) is 9.98 Å². The van der Waals surface area contributed by atoms with Gasteiger partial charge in [-0.1, -0.05) is 90.2 Å². The highest BCUT2D eigenvalue weighted by Crippen LogP contribution is 2.26. The molecular formula is C34H50N2O2. The van der Waals surface area contributed by atoms with Crippen LogP contribution in [-0.2, 0) is 12.8 Å². The molecule has 2 N–H and O–H groups in total. The quantitative estimate of drug-likeness (QED) is 0.172. The summed E-state index contributed by atoms with van der Waals surface area (Å²) in [5, 5.41) is 21.2. The third-order valence-electron chi connectivity index (χ3n) is 7.83. The lowest BCUT2D eigenvalue weighted by Gasteiger charge is -2.25. The van der Waals surface area contributed by atoms with Gasteiger partial charge < -0.3 is 10.2 Å². The maximum atomic E-state index is 10.6. The normalized spacial score (nSPS) is 18.1. The van der Waals surface area contributed by atoms with Crippen molar-refractivity contribution >= 4 is 12.4 Å². The number of aromatic hydroxyl groups is 2. The van der Waals surface area contributed by atoms with Gasteiger partial charge in [0.1, 0.15) is 11.5 Å². The van der Waals surface area contributed by atoms with E-state index in [1.807, 2.05) is 36.7 Å². The molecule has 1 saturated carbocycles. The number of benzene rings is 2. The van der Waals surface area contributed by atoms with Gasteiger partial charge in [-0.25, -0.2) is 0 Å². The maximum absolute atomic E-state index is 10.6. The van der Waals surface area contributed by atoms with Crippen LogP contribution in [0.4, 0.5) is 0 Å². The van der Waals surface area contributed by atoms with Crippen molar-refractivity contribution in [1.82, 2.24) is 0 Å². The first-order valence-electron chi connectivity index (χ1n) is 15.3. The minimum Gasteiger partial charge on any atom is -0.507 e. The molecule has 0 radical (unpaired) electrons. The highest BCUT2D eigenvalue weighted by molar-refractivity contribution is 5.84. The summed E-state index contributed by atoms with van der Waals surface area (Å²) in [5.74, 6) is 0.622. The van der Waals surface area contributed by atoms with Gasteiger partial charge in [0.15, 0.2) is 0 Å². The van der Waals surface area contributed by atoms with Crippen molar-refractivity contribution in [3.63, 3.8) is 0 Å². The topological polar surface area (TPSA) is 65.2 Å². The molecule has 3 rings (SSSR count). The number of aliphatic imine (C=N–C) groups is 2. The summed E-state index contributed by atoms with van der Waals surface area (Å²) in [5.41, 5.74) is 3.93. The Morgan fingerprint density at radius 1 is 0.632 bits per heavy atom. The highest BCUT2D eigenvalue weighted by atomic mass is 16.3. The van der Waals surface area contributed by atoms with E-state index in [1.54, 1.807) is 0 Å². The number of hydrogen-bond acceptors (Lipinski definition) is 4. The number of unbranched alkanes of at least 4 members (excludes halogenated alkanes) is 8. The molecule has 2 aromatic rings. The van der Waals surface area contributed by atoms with E-state index in [-0.39, 0.29) is 12.1 Å². The summed E-state index contributed by atoms with van der Waals surface area (Å²) in [6, 6.07) is 12.2. The Bertz CT molecular complexity index is 932. The molecular weight excluding hydrogens is 468 g/mol. The predicted octanol–water partition coefficient (Wildman–Crippen LogP) is 8.97. The molecule has 0 bridgehead atoms. The molecule has 1 aliphatic rings. The Balaban J connectivity index is 1.55. The lowest BCUT2D eigenvalue weighted by atomic mass is 9.91. The SMILES string of the molecule is CCCCCCCc1ccc(C=N[C@H]2CCCC[C@H]2N=Cc2ccc(CCCCCCC)cc2O)c(O)c1. The van der Waals surface area contributed by atoms with Crippen LogP contribution in [-0.4, -0.2) is 34.7 Å². The molecule has 4 heteroatoms. The van der Waals surface area contributed by atoms with Crippen LogP contribution < -0.4 is 0 Å². The second kappa shape index (κ2) is 17.1. The number of aryl methyl sites for hydroxylation is 2. The van der Waals surface area contributed by atoms with E-state index in [2.05, 4.69) is 26.0 Å². The fourth-order valence-corrected chi connectivity index (χ4v) is 5.36. The first-order chi connectivity index (χ1) is 18.6. The van der Waals surface area contributed by atoms with Crippen molar-refractivity contribution < 1.29 is 10.2 Å².